The number of aliphatic carboxylic acids is 1. The van der Waals surface area contributed by atoms with Crippen LogP contribution in [0.4, 0.5) is 0 Å². The lowest BCUT2D eigenvalue weighted by Gasteiger charge is -2.31. The van der Waals surface area contributed by atoms with E-state index in [1.54, 1.807) is 18.2 Å². The number of carbonyl (C=O) groups is 5. The minimum absolute atomic E-state index is 0.00623. The first-order chi connectivity index (χ1) is 19.6. The van der Waals surface area contributed by atoms with Crippen molar-refractivity contribution in [2.75, 3.05) is 20.2 Å². The summed E-state index contributed by atoms with van der Waals surface area (Å²) >= 11 is 0. The average Bonchev–Trinajstić information content (AvgIpc) is 2.94. The molecule has 0 aromatic heterocycles. The molecular formula is C30H38N4O7. The van der Waals surface area contributed by atoms with Gasteiger partial charge in [-0.25, -0.2) is 4.79 Å². The standard InChI is InChI=1S/C30H38N4O7/c1-19(2)16-24-29(38)32-22(17-20-10-5-4-6-11-20)28(37)31-14-9-15-41-25-13-8-7-12-21(25)27(36)33-23(30(39)40)18-26(35)34(24)3/h4-8,10-13,19,22-24H,9,14-18H2,1-3H3,(H,31,37)(H,32,38)(H,33,36)(H,39,40)/t22-,23-,24-/m0/s1. The molecule has 0 aliphatic carbocycles. The van der Waals surface area contributed by atoms with Gasteiger partial charge in [0.15, 0.2) is 0 Å². The topological polar surface area (TPSA) is 154 Å². The molecule has 0 unspecified atom stereocenters. The van der Waals surface area contributed by atoms with Gasteiger partial charge in [-0.2, -0.15) is 0 Å². The summed E-state index contributed by atoms with van der Waals surface area (Å²) in [7, 11) is 1.42. The monoisotopic (exact) mass is 566 g/mol. The number of nitrogens with zero attached hydrogens (tertiary/aromatic N) is 1. The van der Waals surface area contributed by atoms with Crippen molar-refractivity contribution in [1.82, 2.24) is 20.9 Å². The molecule has 1 heterocycles. The van der Waals surface area contributed by atoms with Gasteiger partial charge < -0.3 is 30.7 Å². The predicted octanol–water partition coefficient (Wildman–Crippen LogP) is 1.76. The molecule has 220 valence electrons. The highest BCUT2D eigenvalue weighted by molar-refractivity contribution is 6.00. The van der Waals surface area contributed by atoms with Crippen LogP contribution in [0.5, 0.6) is 5.75 Å². The normalized spacial score (nSPS) is 21.5. The minimum Gasteiger partial charge on any atom is -0.493 e. The Bertz CT molecular complexity index is 1230. The summed E-state index contributed by atoms with van der Waals surface area (Å²) in [6.45, 7) is 4.21. The Balaban J connectivity index is 1.94. The van der Waals surface area contributed by atoms with Crippen LogP contribution in [0.15, 0.2) is 54.6 Å². The molecule has 0 bridgehead atoms. The Labute approximate surface area is 239 Å². The number of hydrogen-bond donors (Lipinski definition) is 4. The van der Waals surface area contributed by atoms with Crippen LogP contribution in [0.3, 0.4) is 0 Å². The molecule has 1 aliphatic rings. The van der Waals surface area contributed by atoms with E-state index in [0.717, 1.165) is 5.56 Å². The molecule has 2 aromatic rings. The summed E-state index contributed by atoms with van der Waals surface area (Å²) in [6.07, 6.45) is 0.360. The lowest BCUT2D eigenvalue weighted by atomic mass is 9.99. The molecule has 11 nitrogen and oxygen atoms in total. The van der Waals surface area contributed by atoms with Gasteiger partial charge in [0.2, 0.25) is 17.7 Å². The minimum atomic E-state index is -1.54. The predicted molar refractivity (Wildman–Crippen MR) is 151 cm³/mol. The smallest absolute Gasteiger partial charge is 0.326 e. The largest absolute Gasteiger partial charge is 0.493 e. The van der Waals surface area contributed by atoms with Gasteiger partial charge in [-0.05, 0) is 36.5 Å². The van der Waals surface area contributed by atoms with E-state index in [1.807, 2.05) is 44.2 Å². The van der Waals surface area contributed by atoms with Gasteiger partial charge in [-0.1, -0.05) is 56.3 Å². The van der Waals surface area contributed by atoms with Crippen LogP contribution >= 0.6 is 0 Å². The number of ether oxygens (including phenoxy) is 1. The number of hydrogen-bond acceptors (Lipinski definition) is 6. The van der Waals surface area contributed by atoms with Crippen molar-refractivity contribution in [2.24, 2.45) is 5.92 Å². The van der Waals surface area contributed by atoms with Crippen LogP contribution in [-0.2, 0) is 25.6 Å². The summed E-state index contributed by atoms with van der Waals surface area (Å²) < 4.78 is 5.76. The second-order valence-corrected chi connectivity index (χ2v) is 10.5. The molecule has 41 heavy (non-hydrogen) atoms. The number of carboxylic acids is 1. The van der Waals surface area contributed by atoms with Gasteiger partial charge in [0.1, 0.15) is 23.9 Å². The van der Waals surface area contributed by atoms with E-state index in [0.29, 0.717) is 6.42 Å². The van der Waals surface area contributed by atoms with E-state index in [1.165, 1.54) is 18.0 Å². The second kappa shape index (κ2) is 14.8. The number of carboxylic acid groups (broad SMARTS) is 1. The van der Waals surface area contributed by atoms with Crippen molar-refractivity contribution >= 4 is 29.6 Å². The maximum atomic E-state index is 13.6. The van der Waals surface area contributed by atoms with E-state index >= 15 is 0 Å². The number of likely N-dealkylation sites (N-methyl/N-ethyl adjacent to an activating group) is 1. The lowest BCUT2D eigenvalue weighted by Crippen LogP contribution is -2.56. The number of benzene rings is 2. The van der Waals surface area contributed by atoms with Crippen LogP contribution < -0.4 is 20.7 Å². The molecule has 3 rings (SSSR count). The van der Waals surface area contributed by atoms with E-state index in [9.17, 15) is 29.1 Å². The molecule has 0 saturated heterocycles. The first kappa shape index (κ1) is 31.1. The molecule has 11 heteroatoms. The summed E-state index contributed by atoms with van der Waals surface area (Å²) in [5, 5.41) is 17.9. The van der Waals surface area contributed by atoms with E-state index < -0.39 is 48.2 Å². The third kappa shape index (κ3) is 9.06. The molecule has 2 aromatic carbocycles. The summed E-state index contributed by atoms with van der Waals surface area (Å²) in [5.41, 5.74) is 0.963. The quantitative estimate of drug-likeness (QED) is 0.430. The maximum absolute atomic E-state index is 13.6. The number of nitrogens with one attached hydrogen (secondary N) is 3. The first-order valence-electron chi connectivity index (χ1n) is 13.7. The summed E-state index contributed by atoms with van der Waals surface area (Å²) in [5.74, 6) is -3.40. The fraction of sp³-hybridized carbons (Fsp3) is 0.433. The highest BCUT2D eigenvalue weighted by Gasteiger charge is 2.34. The van der Waals surface area contributed by atoms with Crippen LogP contribution in [0.25, 0.3) is 0 Å². The van der Waals surface area contributed by atoms with E-state index in [2.05, 4.69) is 16.0 Å². The maximum Gasteiger partial charge on any atom is 0.326 e. The lowest BCUT2D eigenvalue weighted by molar-refractivity contribution is -0.145. The third-order valence-corrected chi connectivity index (χ3v) is 6.77. The van der Waals surface area contributed by atoms with Gasteiger partial charge in [0, 0.05) is 20.0 Å². The zero-order valence-corrected chi connectivity index (χ0v) is 23.6. The summed E-state index contributed by atoms with van der Waals surface area (Å²) in [6, 6.07) is 12.2. The Kier molecular flexibility index (Phi) is 11.3. The van der Waals surface area contributed by atoms with Crippen molar-refractivity contribution < 1.29 is 33.8 Å². The molecule has 0 spiro atoms. The molecular weight excluding hydrogens is 528 g/mol. The third-order valence-electron chi connectivity index (χ3n) is 6.77. The highest BCUT2D eigenvalue weighted by atomic mass is 16.5. The molecule has 1 aliphatic heterocycles. The van der Waals surface area contributed by atoms with Crippen molar-refractivity contribution in [1.29, 1.82) is 0 Å². The molecule has 3 atom stereocenters. The first-order valence-corrected chi connectivity index (χ1v) is 13.7. The van der Waals surface area contributed by atoms with Gasteiger partial charge in [0.05, 0.1) is 18.6 Å². The van der Waals surface area contributed by atoms with Crippen LogP contribution in [0, 0.1) is 5.92 Å². The molecule has 0 radical (unpaired) electrons. The highest BCUT2D eigenvalue weighted by Crippen LogP contribution is 2.19. The summed E-state index contributed by atoms with van der Waals surface area (Å²) in [4.78, 5) is 66.3. The van der Waals surface area contributed by atoms with E-state index in [4.69, 9.17) is 4.74 Å². The van der Waals surface area contributed by atoms with E-state index in [-0.39, 0.29) is 49.1 Å². The van der Waals surface area contributed by atoms with Crippen molar-refractivity contribution in [3.8, 4) is 5.75 Å². The number of rotatable bonds is 5. The number of amides is 4. The molecule has 4 amide bonds. The molecule has 0 saturated carbocycles. The van der Waals surface area contributed by atoms with Crippen LogP contribution in [0.2, 0.25) is 0 Å². The number of fused-ring (bicyclic) bond motifs is 1. The van der Waals surface area contributed by atoms with Crippen molar-refractivity contribution in [3.63, 3.8) is 0 Å². The van der Waals surface area contributed by atoms with Gasteiger partial charge >= 0.3 is 5.97 Å². The zero-order chi connectivity index (χ0) is 29.9. The second-order valence-electron chi connectivity index (χ2n) is 10.5. The van der Waals surface area contributed by atoms with Crippen LogP contribution in [-0.4, -0.2) is 77.9 Å². The SMILES string of the molecule is CC(C)C[C@H]1C(=O)N[C@@H](Cc2ccccc2)C(=O)NCCCOc2ccccc2C(=O)N[C@H](C(=O)O)CC(=O)N1C. The number of carbonyl (C=O) groups excluding carboxylic acids is 4. The Morgan fingerprint density at radius 2 is 1.68 bits per heavy atom. The van der Waals surface area contributed by atoms with Crippen LogP contribution in [0.1, 0.15) is 49.0 Å². The Morgan fingerprint density at radius 1 is 1.00 bits per heavy atom. The Morgan fingerprint density at radius 3 is 2.37 bits per heavy atom. The Hall–Kier alpha value is -4.41. The van der Waals surface area contributed by atoms with Gasteiger partial charge in [-0.15, -0.1) is 0 Å². The zero-order valence-electron chi connectivity index (χ0n) is 23.6. The van der Waals surface area contributed by atoms with Crippen molar-refractivity contribution in [3.05, 3.63) is 65.7 Å². The van der Waals surface area contributed by atoms with Gasteiger partial charge in [0.25, 0.3) is 5.91 Å². The number of para-hydroxylation sites is 1. The fourth-order valence-electron chi connectivity index (χ4n) is 4.51. The molecule has 4 N–H and O–H groups in total. The molecule has 0 fully saturated rings. The fourth-order valence-corrected chi connectivity index (χ4v) is 4.51. The average molecular weight is 567 g/mol. The van der Waals surface area contributed by atoms with Crippen molar-refractivity contribution in [2.45, 2.75) is 57.7 Å². The van der Waals surface area contributed by atoms with Gasteiger partial charge in [-0.3, -0.25) is 19.2 Å².